The van der Waals surface area contributed by atoms with E-state index in [1.165, 1.54) is 11.9 Å². The zero-order chi connectivity index (χ0) is 25.2. The van der Waals surface area contributed by atoms with Crippen LogP contribution >= 0.6 is 0 Å². The summed E-state index contributed by atoms with van der Waals surface area (Å²) in [5, 5.41) is 5.76. The van der Waals surface area contributed by atoms with E-state index in [1.54, 1.807) is 0 Å². The van der Waals surface area contributed by atoms with Gasteiger partial charge in [-0.25, -0.2) is 13.8 Å². The van der Waals surface area contributed by atoms with Crippen LogP contribution in [0, 0.1) is 17.6 Å². The molecule has 2 aromatic rings. The van der Waals surface area contributed by atoms with Gasteiger partial charge in [0, 0.05) is 25.5 Å². The Bertz CT molecular complexity index is 1090. The second-order valence-corrected chi connectivity index (χ2v) is 9.36. The predicted molar refractivity (Wildman–Crippen MR) is 123 cm³/mol. The third kappa shape index (κ3) is 5.39. The van der Waals surface area contributed by atoms with E-state index >= 15 is 0 Å². The molecule has 0 spiro atoms. The Morgan fingerprint density at radius 1 is 1.14 bits per heavy atom. The molecule has 188 valence electrons. The summed E-state index contributed by atoms with van der Waals surface area (Å²) in [6, 6.07) is 12.3. The van der Waals surface area contributed by atoms with Gasteiger partial charge in [-0.15, -0.1) is 0 Å². The van der Waals surface area contributed by atoms with Crippen LogP contribution in [0.3, 0.4) is 0 Å². The number of amides is 1. The summed E-state index contributed by atoms with van der Waals surface area (Å²) in [7, 11) is 0. The van der Waals surface area contributed by atoms with Crippen LogP contribution in [0.15, 0.2) is 53.6 Å². The summed E-state index contributed by atoms with van der Waals surface area (Å²) < 4.78 is 68.2. The van der Waals surface area contributed by atoms with Crippen molar-refractivity contribution in [1.29, 1.82) is 0 Å². The molecule has 1 saturated heterocycles. The quantitative estimate of drug-likeness (QED) is 0.472. The third-order valence-electron chi connectivity index (χ3n) is 6.97. The van der Waals surface area contributed by atoms with E-state index in [2.05, 4.69) is 5.10 Å². The van der Waals surface area contributed by atoms with Crippen LogP contribution in [0.5, 0.6) is 0 Å². The van der Waals surface area contributed by atoms with Gasteiger partial charge in [0.15, 0.2) is 0 Å². The smallest absolute Gasteiger partial charge is 0.303 e. The Balaban J connectivity index is 1.59. The fourth-order valence-electron chi connectivity index (χ4n) is 5.28. The first-order valence-corrected chi connectivity index (χ1v) is 11.8. The highest BCUT2D eigenvalue weighted by molar-refractivity contribution is 6.03. The third-order valence-corrected chi connectivity index (χ3v) is 6.97. The number of alkyl halides is 3. The second kappa shape index (κ2) is 10.0. The van der Waals surface area contributed by atoms with Crippen molar-refractivity contribution in [2.24, 2.45) is 11.0 Å². The maximum atomic E-state index is 14.6. The molecule has 0 aromatic heterocycles. The average molecular weight is 494 g/mol. The van der Waals surface area contributed by atoms with E-state index in [9.17, 15) is 26.7 Å². The normalized spacial score (nSPS) is 23.4. The molecule has 1 unspecified atom stereocenters. The highest BCUT2D eigenvalue weighted by Crippen LogP contribution is 2.43. The Labute approximate surface area is 201 Å². The molecule has 0 bridgehead atoms. The first-order valence-electron chi connectivity index (χ1n) is 11.8. The van der Waals surface area contributed by atoms with Gasteiger partial charge in [0.1, 0.15) is 11.6 Å². The number of halogens is 5. The Kier molecular flexibility index (Phi) is 7.26. The number of likely N-dealkylation sites (tertiary alicyclic amines) is 1. The highest BCUT2D eigenvalue weighted by atomic mass is 19.4. The number of hydrogen-bond donors (Lipinski definition) is 0. The molecule has 4 nitrogen and oxygen atoms in total. The van der Waals surface area contributed by atoms with Crippen LogP contribution in [0.25, 0.3) is 0 Å². The van der Waals surface area contributed by atoms with Crippen LogP contribution in [0.2, 0.25) is 0 Å². The largest absolute Gasteiger partial charge is 0.393 e. The van der Waals surface area contributed by atoms with Crippen molar-refractivity contribution in [2.75, 3.05) is 19.6 Å². The van der Waals surface area contributed by atoms with Gasteiger partial charge in [-0.2, -0.15) is 18.3 Å². The lowest BCUT2D eigenvalue weighted by Gasteiger charge is -2.38. The lowest BCUT2D eigenvalue weighted by atomic mass is 9.80. The molecule has 0 radical (unpaired) electrons. The van der Waals surface area contributed by atoms with Crippen LogP contribution in [-0.2, 0) is 10.3 Å². The number of piperidine rings is 1. The number of hydrazone groups is 1. The second-order valence-electron chi connectivity index (χ2n) is 9.36. The molecule has 0 aliphatic carbocycles. The first kappa shape index (κ1) is 25.3. The summed E-state index contributed by atoms with van der Waals surface area (Å²) >= 11 is 0. The summed E-state index contributed by atoms with van der Waals surface area (Å²) in [4.78, 5) is 14.5. The minimum Gasteiger partial charge on any atom is -0.303 e. The molecule has 0 N–H and O–H groups in total. The van der Waals surface area contributed by atoms with Gasteiger partial charge in [-0.1, -0.05) is 30.3 Å². The molecular weight excluding hydrogens is 465 g/mol. The van der Waals surface area contributed by atoms with E-state index < -0.39 is 29.3 Å². The van der Waals surface area contributed by atoms with Crippen LogP contribution < -0.4 is 0 Å². The number of benzene rings is 2. The number of hydrogen-bond acceptors (Lipinski definition) is 3. The fraction of sp³-hybridized carbons (Fsp3) is 0.462. The Morgan fingerprint density at radius 3 is 2.57 bits per heavy atom. The van der Waals surface area contributed by atoms with Gasteiger partial charge in [-0.05, 0) is 62.5 Å². The lowest BCUT2D eigenvalue weighted by Crippen LogP contribution is -2.45. The highest BCUT2D eigenvalue weighted by Gasteiger charge is 2.47. The van der Waals surface area contributed by atoms with Gasteiger partial charge < -0.3 is 4.90 Å². The molecule has 2 aliphatic heterocycles. The van der Waals surface area contributed by atoms with Crippen LogP contribution in [-0.4, -0.2) is 47.3 Å². The zero-order valence-electron chi connectivity index (χ0n) is 19.5. The molecular formula is C26H28F5N3O. The van der Waals surface area contributed by atoms with E-state index in [1.807, 2.05) is 35.2 Å². The van der Waals surface area contributed by atoms with E-state index in [4.69, 9.17) is 0 Å². The van der Waals surface area contributed by atoms with Crippen molar-refractivity contribution in [3.63, 3.8) is 0 Å². The fourth-order valence-corrected chi connectivity index (χ4v) is 5.28. The molecule has 2 heterocycles. The van der Waals surface area contributed by atoms with Crippen LogP contribution in [0.4, 0.5) is 22.0 Å². The maximum absolute atomic E-state index is 14.6. The minimum atomic E-state index is -4.21. The maximum Gasteiger partial charge on any atom is 0.393 e. The van der Waals surface area contributed by atoms with Gasteiger partial charge in [-0.3, -0.25) is 4.79 Å². The van der Waals surface area contributed by atoms with Crippen molar-refractivity contribution in [3.05, 3.63) is 71.3 Å². The summed E-state index contributed by atoms with van der Waals surface area (Å²) in [5.41, 5.74) is 0.104. The van der Waals surface area contributed by atoms with Crippen molar-refractivity contribution < 1.29 is 26.7 Å². The summed E-state index contributed by atoms with van der Waals surface area (Å²) in [6.45, 7) is 2.37. The SMILES string of the molecule is CC(=O)N1N=C(c2cc(F)ccc2F)C[C@]1(CCCN1CCCC(C(F)(F)F)C1)c1ccccc1. The van der Waals surface area contributed by atoms with Gasteiger partial charge in [0.25, 0.3) is 0 Å². The molecule has 2 atom stereocenters. The number of carbonyl (C=O) groups is 1. The molecule has 2 aliphatic rings. The topological polar surface area (TPSA) is 35.9 Å². The number of carbonyl (C=O) groups excluding carboxylic acids is 1. The molecule has 1 fully saturated rings. The van der Waals surface area contributed by atoms with Gasteiger partial charge in [0.05, 0.1) is 17.2 Å². The lowest BCUT2D eigenvalue weighted by molar-refractivity contribution is -0.186. The van der Waals surface area contributed by atoms with Crippen LogP contribution in [0.1, 0.15) is 50.2 Å². The summed E-state index contributed by atoms with van der Waals surface area (Å²) in [6.07, 6.45) is -2.49. The molecule has 9 heteroatoms. The van der Waals surface area contributed by atoms with Crippen molar-refractivity contribution in [1.82, 2.24) is 9.91 Å². The first-order chi connectivity index (χ1) is 16.6. The standard InChI is InChI=1S/C26H28F5N3O/c1-18(35)34-25(19-7-3-2-4-8-19,16-24(32-34)22-15-21(27)10-11-23(22)28)12-6-14-33-13-5-9-20(17-33)26(29,30)31/h2-4,7-8,10-11,15,20H,5-6,9,12-14,16-17H2,1H3/t20?,25-/m1/s1. The van der Waals surface area contributed by atoms with Crippen molar-refractivity contribution >= 4 is 11.6 Å². The van der Waals surface area contributed by atoms with Gasteiger partial charge >= 0.3 is 6.18 Å². The van der Waals surface area contributed by atoms with Crippen molar-refractivity contribution in [3.8, 4) is 0 Å². The minimum absolute atomic E-state index is 0.00175. The molecule has 0 saturated carbocycles. The molecule has 35 heavy (non-hydrogen) atoms. The van der Waals surface area contributed by atoms with E-state index in [0.717, 1.165) is 23.8 Å². The number of nitrogens with zero attached hydrogens (tertiary/aromatic N) is 3. The zero-order valence-corrected chi connectivity index (χ0v) is 19.5. The number of rotatable bonds is 6. The monoisotopic (exact) mass is 493 g/mol. The average Bonchev–Trinajstić information content (AvgIpc) is 3.22. The summed E-state index contributed by atoms with van der Waals surface area (Å²) in [5.74, 6) is -2.93. The molecule has 1 amide bonds. The van der Waals surface area contributed by atoms with E-state index in [0.29, 0.717) is 32.4 Å². The van der Waals surface area contributed by atoms with E-state index in [-0.39, 0.29) is 36.6 Å². The van der Waals surface area contributed by atoms with Gasteiger partial charge in [0.2, 0.25) is 5.91 Å². The van der Waals surface area contributed by atoms with Crippen molar-refractivity contribution in [2.45, 2.75) is 50.7 Å². The molecule has 2 aromatic carbocycles. The Morgan fingerprint density at radius 2 is 1.89 bits per heavy atom. The predicted octanol–water partition coefficient (Wildman–Crippen LogP) is 5.87. The Hall–Kier alpha value is -2.81. The molecule has 4 rings (SSSR count).